The summed E-state index contributed by atoms with van der Waals surface area (Å²) >= 11 is 3.19. The Morgan fingerprint density at radius 2 is 1.67 bits per heavy atom. The third kappa shape index (κ3) is 1.45. The molecule has 0 unspecified atom stereocenters. The summed E-state index contributed by atoms with van der Waals surface area (Å²) in [4.78, 5) is 10.5. The average Bonchev–Trinajstić information content (AvgIpc) is 1.97. The van der Waals surface area contributed by atoms with Gasteiger partial charge in [-0.1, -0.05) is 0 Å². The Labute approximate surface area is 71.6 Å². The molecule has 1 aromatic rings. The minimum absolute atomic E-state index is 0.602. The maximum absolute atomic E-state index is 12.6. The molecule has 0 aliphatic carbocycles. The maximum Gasteiger partial charge on any atom is 0.222 e. The summed E-state index contributed by atoms with van der Waals surface area (Å²) in [6, 6.07) is 1.27. The first-order chi connectivity index (χ1) is 5.54. The van der Waals surface area contributed by atoms with Gasteiger partial charge in [0.2, 0.25) is 5.12 Å². The van der Waals surface area contributed by atoms with Gasteiger partial charge in [0.1, 0.15) is 11.4 Å². The van der Waals surface area contributed by atoms with Gasteiger partial charge in [-0.15, -0.1) is 12.6 Å². The highest BCUT2D eigenvalue weighted by atomic mass is 32.1. The van der Waals surface area contributed by atoms with Crippen molar-refractivity contribution in [1.82, 2.24) is 0 Å². The fraction of sp³-hybridized carbons (Fsp3) is 0. The molecule has 5 heteroatoms. The highest BCUT2D eigenvalue weighted by Crippen LogP contribution is 2.17. The first-order valence-corrected chi connectivity index (χ1v) is 3.35. The van der Waals surface area contributed by atoms with Gasteiger partial charge in [0.15, 0.2) is 11.6 Å². The van der Waals surface area contributed by atoms with Crippen LogP contribution in [0.15, 0.2) is 12.1 Å². The second-order valence-electron chi connectivity index (χ2n) is 2.02. The fourth-order valence-electron chi connectivity index (χ4n) is 0.723. The molecule has 0 fully saturated rings. The van der Waals surface area contributed by atoms with Crippen molar-refractivity contribution in [3.63, 3.8) is 0 Å². The fourth-order valence-corrected chi connectivity index (χ4v) is 0.928. The Bertz CT molecular complexity index is 338. The van der Waals surface area contributed by atoms with Gasteiger partial charge in [-0.05, 0) is 12.1 Å². The highest BCUT2D eigenvalue weighted by molar-refractivity contribution is 7.97. The van der Waals surface area contributed by atoms with Crippen molar-refractivity contribution in [3.05, 3.63) is 35.1 Å². The van der Waals surface area contributed by atoms with Crippen molar-refractivity contribution in [2.45, 2.75) is 0 Å². The molecule has 0 atom stereocenters. The molecule has 0 heterocycles. The second-order valence-corrected chi connectivity index (χ2v) is 2.43. The molecule has 0 amide bonds. The van der Waals surface area contributed by atoms with E-state index >= 15 is 0 Å². The third-order valence-electron chi connectivity index (χ3n) is 1.26. The summed E-state index contributed by atoms with van der Waals surface area (Å²) in [7, 11) is 0. The monoisotopic (exact) mass is 192 g/mol. The summed E-state index contributed by atoms with van der Waals surface area (Å²) in [5.41, 5.74) is -0.960. The van der Waals surface area contributed by atoms with Crippen molar-refractivity contribution >= 4 is 17.7 Å². The quantitative estimate of drug-likeness (QED) is 0.533. The molecule has 0 aliphatic rings. The smallest absolute Gasteiger partial charge is 0.222 e. The molecule has 64 valence electrons. The maximum atomic E-state index is 12.6. The minimum Gasteiger partial charge on any atom is -0.282 e. The van der Waals surface area contributed by atoms with Crippen molar-refractivity contribution in [3.8, 4) is 0 Å². The number of hydrogen-bond donors (Lipinski definition) is 1. The lowest BCUT2D eigenvalue weighted by Gasteiger charge is -1.99. The van der Waals surface area contributed by atoms with Crippen LogP contribution in [0.25, 0.3) is 0 Å². The van der Waals surface area contributed by atoms with Crippen molar-refractivity contribution in [2.75, 3.05) is 0 Å². The predicted octanol–water partition coefficient (Wildman–Crippen LogP) is 2.17. The van der Waals surface area contributed by atoms with Gasteiger partial charge < -0.3 is 0 Å². The van der Waals surface area contributed by atoms with Gasteiger partial charge in [0, 0.05) is 0 Å². The van der Waals surface area contributed by atoms with E-state index in [4.69, 9.17) is 0 Å². The van der Waals surface area contributed by atoms with E-state index in [1.807, 2.05) is 0 Å². The predicted molar refractivity (Wildman–Crippen MR) is 39.6 cm³/mol. The number of halogens is 3. The van der Waals surface area contributed by atoms with Crippen molar-refractivity contribution in [1.29, 1.82) is 0 Å². The van der Waals surface area contributed by atoms with E-state index < -0.39 is 28.1 Å². The average molecular weight is 192 g/mol. The van der Waals surface area contributed by atoms with Crippen LogP contribution in [0, 0.1) is 17.5 Å². The molecule has 0 aromatic heterocycles. The largest absolute Gasteiger partial charge is 0.282 e. The standard InChI is InChI=1S/C7H3F3OS/c8-3-1-2-4(9)6(10)5(3)7(11)12/h1-2H,(H,11,12). The summed E-state index contributed by atoms with van der Waals surface area (Å²) in [6.07, 6.45) is 0. The molecule has 0 saturated carbocycles. The summed E-state index contributed by atoms with van der Waals surface area (Å²) in [5, 5.41) is -1.13. The van der Waals surface area contributed by atoms with Gasteiger partial charge in [-0.25, -0.2) is 13.2 Å². The zero-order chi connectivity index (χ0) is 9.30. The van der Waals surface area contributed by atoms with Crippen LogP contribution in [0.4, 0.5) is 13.2 Å². The van der Waals surface area contributed by atoms with Crippen LogP contribution in [0.2, 0.25) is 0 Å². The van der Waals surface area contributed by atoms with E-state index in [2.05, 4.69) is 12.6 Å². The SMILES string of the molecule is O=C(S)c1c(F)ccc(F)c1F. The van der Waals surface area contributed by atoms with E-state index in [1.165, 1.54) is 0 Å². The number of carbonyl (C=O) groups is 1. The lowest BCUT2D eigenvalue weighted by atomic mass is 10.2. The number of hydrogen-bond acceptors (Lipinski definition) is 1. The lowest BCUT2D eigenvalue weighted by molar-refractivity contribution is 0.108. The molecule has 12 heavy (non-hydrogen) atoms. The van der Waals surface area contributed by atoms with Crippen molar-refractivity contribution in [2.24, 2.45) is 0 Å². The van der Waals surface area contributed by atoms with Crippen LogP contribution in [-0.2, 0) is 0 Å². The normalized spacial score (nSPS) is 10.0. The molecule has 1 aromatic carbocycles. The van der Waals surface area contributed by atoms with E-state index in [0.29, 0.717) is 12.1 Å². The van der Waals surface area contributed by atoms with Crippen LogP contribution in [0.1, 0.15) is 10.4 Å². The van der Waals surface area contributed by atoms with Crippen LogP contribution >= 0.6 is 12.6 Å². The van der Waals surface area contributed by atoms with Crippen LogP contribution < -0.4 is 0 Å². The molecule has 0 aliphatic heterocycles. The number of rotatable bonds is 1. The number of benzene rings is 1. The molecular formula is C7H3F3OS. The first-order valence-electron chi connectivity index (χ1n) is 2.91. The van der Waals surface area contributed by atoms with Gasteiger partial charge >= 0.3 is 0 Å². The molecule has 0 bridgehead atoms. The summed E-state index contributed by atoms with van der Waals surface area (Å²) in [6.45, 7) is 0. The molecule has 1 rings (SSSR count). The summed E-state index contributed by atoms with van der Waals surface area (Å²) in [5.74, 6) is -3.89. The van der Waals surface area contributed by atoms with Gasteiger partial charge in [0.05, 0.1) is 0 Å². The molecule has 0 saturated heterocycles. The van der Waals surface area contributed by atoms with E-state index in [9.17, 15) is 18.0 Å². The highest BCUT2D eigenvalue weighted by Gasteiger charge is 2.17. The Kier molecular flexibility index (Phi) is 2.42. The Hall–Kier alpha value is -0.970. The topological polar surface area (TPSA) is 17.1 Å². The van der Waals surface area contributed by atoms with E-state index in [1.54, 1.807) is 0 Å². The second kappa shape index (κ2) is 3.18. The zero-order valence-corrected chi connectivity index (χ0v) is 6.54. The van der Waals surface area contributed by atoms with Gasteiger partial charge in [0.25, 0.3) is 0 Å². The van der Waals surface area contributed by atoms with Crippen LogP contribution in [0.5, 0.6) is 0 Å². The Morgan fingerprint density at radius 3 is 2.08 bits per heavy atom. The minimum atomic E-state index is -1.50. The first kappa shape index (κ1) is 9.12. The Balaban J connectivity index is 3.43. The van der Waals surface area contributed by atoms with Gasteiger partial charge in [-0.3, -0.25) is 4.79 Å². The molecule has 1 nitrogen and oxygen atoms in total. The molecule has 0 radical (unpaired) electrons. The molecular weight excluding hydrogens is 189 g/mol. The summed E-state index contributed by atoms with van der Waals surface area (Å²) < 4.78 is 37.6. The van der Waals surface area contributed by atoms with Crippen molar-refractivity contribution < 1.29 is 18.0 Å². The zero-order valence-electron chi connectivity index (χ0n) is 5.64. The van der Waals surface area contributed by atoms with E-state index in [0.717, 1.165) is 0 Å². The van der Waals surface area contributed by atoms with Crippen LogP contribution in [0.3, 0.4) is 0 Å². The Morgan fingerprint density at radius 1 is 1.17 bits per heavy atom. The number of carbonyl (C=O) groups excluding carboxylic acids is 1. The third-order valence-corrected chi connectivity index (χ3v) is 1.48. The lowest BCUT2D eigenvalue weighted by Crippen LogP contribution is -2.01. The van der Waals surface area contributed by atoms with Gasteiger partial charge in [-0.2, -0.15) is 0 Å². The van der Waals surface area contributed by atoms with E-state index in [-0.39, 0.29) is 0 Å². The van der Waals surface area contributed by atoms with Crippen LogP contribution in [-0.4, -0.2) is 5.12 Å². The molecule has 0 N–H and O–H groups in total. The number of thiol groups is 1. The molecule has 0 spiro atoms.